The fourth-order valence-electron chi connectivity index (χ4n) is 5.09. The van der Waals surface area contributed by atoms with Crippen molar-refractivity contribution in [3.63, 3.8) is 0 Å². The van der Waals surface area contributed by atoms with Crippen molar-refractivity contribution in [2.24, 2.45) is 0 Å². The topological polar surface area (TPSA) is 105 Å². The van der Waals surface area contributed by atoms with E-state index in [-0.39, 0.29) is 17.6 Å². The van der Waals surface area contributed by atoms with E-state index < -0.39 is 5.97 Å². The molecular weight excluding hydrogens is 550 g/mol. The number of carboxylic acids is 1. The van der Waals surface area contributed by atoms with Crippen LogP contribution in [0.1, 0.15) is 52.2 Å². The van der Waals surface area contributed by atoms with Gasteiger partial charge < -0.3 is 38.8 Å². The maximum absolute atomic E-state index is 11.7. The van der Waals surface area contributed by atoms with Crippen LogP contribution >= 0.6 is 0 Å². The minimum absolute atomic E-state index is 0.0221. The molecule has 9 heteroatoms. The number of piperidine rings is 1. The first-order valence-corrected chi connectivity index (χ1v) is 14.8. The molecule has 232 valence electrons. The number of ether oxygens (including phenoxy) is 6. The van der Waals surface area contributed by atoms with Gasteiger partial charge in [-0.2, -0.15) is 0 Å². The van der Waals surface area contributed by atoms with Gasteiger partial charge in [0.25, 0.3) is 0 Å². The molecule has 9 nitrogen and oxygen atoms in total. The van der Waals surface area contributed by atoms with Gasteiger partial charge in [0.15, 0.2) is 0 Å². The third-order valence-electron chi connectivity index (χ3n) is 7.38. The molecule has 1 fully saturated rings. The lowest BCUT2D eigenvalue weighted by Crippen LogP contribution is -2.40. The lowest BCUT2D eigenvalue weighted by atomic mass is 9.87. The van der Waals surface area contributed by atoms with Gasteiger partial charge in [0.05, 0.1) is 46.2 Å². The Morgan fingerprint density at radius 2 is 1.67 bits per heavy atom. The average molecular weight is 594 g/mol. The quantitative estimate of drug-likeness (QED) is 0.186. The highest BCUT2D eigenvalue weighted by molar-refractivity contribution is 5.91. The Balaban J connectivity index is 1.25. The molecule has 2 atom stereocenters. The van der Waals surface area contributed by atoms with Crippen molar-refractivity contribution in [1.82, 2.24) is 5.32 Å². The second-order valence-corrected chi connectivity index (χ2v) is 10.4. The first-order chi connectivity index (χ1) is 21.1. The molecule has 3 aromatic rings. The van der Waals surface area contributed by atoms with Crippen LogP contribution < -0.4 is 19.5 Å². The van der Waals surface area contributed by atoms with E-state index in [2.05, 4.69) is 17.4 Å². The highest BCUT2D eigenvalue weighted by Gasteiger charge is 2.27. The zero-order valence-electron chi connectivity index (χ0n) is 25.1. The predicted octanol–water partition coefficient (Wildman–Crippen LogP) is 5.46. The maximum atomic E-state index is 11.7. The van der Waals surface area contributed by atoms with Gasteiger partial charge in [0, 0.05) is 44.6 Å². The van der Waals surface area contributed by atoms with Crippen LogP contribution in [-0.4, -0.2) is 70.9 Å². The van der Waals surface area contributed by atoms with Crippen LogP contribution in [0.15, 0.2) is 66.7 Å². The molecule has 1 aliphatic heterocycles. The van der Waals surface area contributed by atoms with E-state index in [4.69, 9.17) is 28.4 Å². The number of para-hydroxylation sites is 1. The third kappa shape index (κ3) is 9.96. The zero-order valence-corrected chi connectivity index (χ0v) is 25.1. The van der Waals surface area contributed by atoms with Crippen LogP contribution in [0, 0.1) is 0 Å². The fourth-order valence-corrected chi connectivity index (χ4v) is 5.09. The molecular formula is C34H43NO8. The number of methoxy groups -OCH3 is 2. The number of nitrogens with one attached hydrogen (secondary N) is 1. The van der Waals surface area contributed by atoms with E-state index in [0.717, 1.165) is 48.6 Å². The van der Waals surface area contributed by atoms with Crippen molar-refractivity contribution in [3.8, 4) is 17.2 Å². The number of benzene rings is 3. The van der Waals surface area contributed by atoms with Crippen molar-refractivity contribution in [2.45, 2.75) is 44.5 Å². The molecule has 0 spiro atoms. The largest absolute Gasteiger partial charge is 0.496 e. The summed E-state index contributed by atoms with van der Waals surface area (Å²) in [5.41, 5.74) is 3.25. The SMILES string of the molecule is COCCCOc1cc(CO[C@H]2CNCC[C@@H]2c2ccc(OCCCOCc3ccccc3OC)cc2)ccc1C(=O)O. The molecule has 4 rings (SSSR count). The average Bonchev–Trinajstić information content (AvgIpc) is 3.04. The molecule has 2 N–H and O–H groups in total. The first kappa shape index (κ1) is 32.3. The van der Waals surface area contributed by atoms with Gasteiger partial charge in [0.2, 0.25) is 0 Å². The van der Waals surface area contributed by atoms with Crippen molar-refractivity contribution in [2.75, 3.05) is 53.7 Å². The van der Waals surface area contributed by atoms with Gasteiger partial charge in [-0.15, -0.1) is 0 Å². The van der Waals surface area contributed by atoms with Crippen LogP contribution in [0.4, 0.5) is 0 Å². The molecule has 0 saturated carbocycles. The number of carbonyl (C=O) groups is 1. The van der Waals surface area contributed by atoms with Gasteiger partial charge in [-0.3, -0.25) is 0 Å². The van der Waals surface area contributed by atoms with E-state index in [1.54, 1.807) is 32.4 Å². The summed E-state index contributed by atoms with van der Waals surface area (Å²) >= 11 is 0. The number of hydrogen-bond acceptors (Lipinski definition) is 8. The summed E-state index contributed by atoms with van der Waals surface area (Å²) in [5, 5.41) is 13.0. The standard InChI is InChI=1S/C34H43NO8/c1-38-17-5-20-42-32-21-25(9-14-30(32)34(36)37)23-43-33-22-35-16-15-29(33)26-10-12-28(13-11-26)41-19-6-18-40-24-27-7-3-4-8-31(27)39-2/h3-4,7-14,21,29,33,35H,5-6,15-20,22-24H2,1-2H3,(H,36,37)/t29-,33+/m1/s1. The number of aromatic carboxylic acids is 1. The summed E-state index contributed by atoms with van der Waals surface area (Å²) < 4.78 is 34.3. The van der Waals surface area contributed by atoms with Gasteiger partial charge >= 0.3 is 5.97 Å². The van der Waals surface area contributed by atoms with E-state index in [0.29, 0.717) is 51.8 Å². The second kappa shape index (κ2) is 17.5. The molecule has 43 heavy (non-hydrogen) atoms. The van der Waals surface area contributed by atoms with Crippen LogP contribution in [0.25, 0.3) is 0 Å². The maximum Gasteiger partial charge on any atom is 0.339 e. The molecule has 0 radical (unpaired) electrons. The van der Waals surface area contributed by atoms with Gasteiger partial charge in [-0.1, -0.05) is 36.4 Å². The third-order valence-corrected chi connectivity index (χ3v) is 7.38. The van der Waals surface area contributed by atoms with E-state index in [1.165, 1.54) is 5.56 Å². The van der Waals surface area contributed by atoms with Gasteiger partial charge in [-0.05, 0) is 54.4 Å². The minimum atomic E-state index is -1.02. The molecule has 0 unspecified atom stereocenters. The summed E-state index contributed by atoms with van der Waals surface area (Å²) in [5.74, 6) is 1.23. The second-order valence-electron chi connectivity index (χ2n) is 10.4. The highest BCUT2D eigenvalue weighted by Crippen LogP contribution is 2.30. The van der Waals surface area contributed by atoms with Crippen LogP contribution in [-0.2, 0) is 27.4 Å². The predicted molar refractivity (Wildman–Crippen MR) is 163 cm³/mol. The number of hydrogen-bond donors (Lipinski definition) is 2. The summed E-state index contributed by atoms with van der Waals surface area (Å²) in [6.07, 6.45) is 2.40. The van der Waals surface area contributed by atoms with E-state index >= 15 is 0 Å². The Morgan fingerprint density at radius 3 is 2.47 bits per heavy atom. The van der Waals surface area contributed by atoms with Crippen molar-refractivity contribution < 1.29 is 38.3 Å². The van der Waals surface area contributed by atoms with E-state index in [9.17, 15) is 9.90 Å². The van der Waals surface area contributed by atoms with Crippen LogP contribution in [0.3, 0.4) is 0 Å². The molecule has 0 aromatic heterocycles. The van der Waals surface area contributed by atoms with Crippen molar-refractivity contribution >= 4 is 5.97 Å². The van der Waals surface area contributed by atoms with Crippen molar-refractivity contribution in [1.29, 1.82) is 0 Å². The Morgan fingerprint density at radius 1 is 0.884 bits per heavy atom. The smallest absolute Gasteiger partial charge is 0.339 e. The lowest BCUT2D eigenvalue weighted by molar-refractivity contribution is 0.0105. The fraction of sp³-hybridized carbons (Fsp3) is 0.441. The van der Waals surface area contributed by atoms with Crippen LogP contribution in [0.5, 0.6) is 17.2 Å². The Kier molecular flexibility index (Phi) is 13.1. The van der Waals surface area contributed by atoms with Crippen molar-refractivity contribution in [3.05, 3.63) is 89.0 Å². The summed E-state index contributed by atoms with van der Waals surface area (Å²) in [7, 11) is 3.29. The number of carboxylic acid groups (broad SMARTS) is 1. The normalized spacial score (nSPS) is 16.5. The van der Waals surface area contributed by atoms with Gasteiger partial charge in [-0.25, -0.2) is 4.79 Å². The molecule has 0 aliphatic carbocycles. The Labute approximate surface area is 254 Å². The monoisotopic (exact) mass is 593 g/mol. The number of rotatable bonds is 18. The highest BCUT2D eigenvalue weighted by atomic mass is 16.5. The lowest BCUT2D eigenvalue weighted by Gasteiger charge is -2.32. The van der Waals surface area contributed by atoms with Crippen LogP contribution in [0.2, 0.25) is 0 Å². The summed E-state index contributed by atoms with van der Waals surface area (Å²) in [4.78, 5) is 11.7. The summed E-state index contributed by atoms with van der Waals surface area (Å²) in [6.45, 7) is 4.63. The Hall–Kier alpha value is -3.63. The molecule has 0 bridgehead atoms. The molecule has 3 aromatic carbocycles. The molecule has 1 saturated heterocycles. The van der Waals surface area contributed by atoms with Gasteiger partial charge in [0.1, 0.15) is 22.8 Å². The summed E-state index contributed by atoms with van der Waals surface area (Å²) in [6, 6.07) is 21.3. The zero-order chi connectivity index (χ0) is 30.3. The first-order valence-electron chi connectivity index (χ1n) is 14.8. The van der Waals surface area contributed by atoms with E-state index in [1.807, 2.05) is 36.4 Å². The minimum Gasteiger partial charge on any atom is -0.496 e. The molecule has 1 heterocycles. The Bertz CT molecular complexity index is 1270. The molecule has 1 aliphatic rings. The molecule has 0 amide bonds.